The maximum absolute atomic E-state index is 12.5. The molecule has 3 rings (SSSR count). The normalized spacial score (nSPS) is 29.9. The topological polar surface area (TPSA) is 64.2 Å². The van der Waals surface area contributed by atoms with E-state index in [0.29, 0.717) is 18.1 Å². The molecule has 7 nitrogen and oxygen atoms in total. The van der Waals surface area contributed by atoms with Crippen molar-refractivity contribution >= 4 is 15.7 Å². The minimum atomic E-state index is -2.83. The van der Waals surface area contributed by atoms with Gasteiger partial charge in [0, 0.05) is 58.4 Å². The van der Waals surface area contributed by atoms with Gasteiger partial charge in [-0.1, -0.05) is 6.92 Å². The molecule has 1 atom stereocenters. The SMILES string of the molecule is CCN1CCN(CC(=O)N2CCN(C3CCS(=O)(=O)C3)CC2)CC1. The van der Waals surface area contributed by atoms with Gasteiger partial charge >= 0.3 is 0 Å². The highest BCUT2D eigenvalue weighted by molar-refractivity contribution is 7.91. The fourth-order valence-corrected chi connectivity index (χ4v) is 5.72. The zero-order valence-electron chi connectivity index (χ0n) is 14.7. The number of amides is 1. The summed E-state index contributed by atoms with van der Waals surface area (Å²) < 4.78 is 23.2. The number of rotatable bonds is 4. The van der Waals surface area contributed by atoms with E-state index in [9.17, 15) is 13.2 Å². The van der Waals surface area contributed by atoms with Crippen molar-refractivity contribution < 1.29 is 13.2 Å². The number of hydrogen-bond acceptors (Lipinski definition) is 6. The summed E-state index contributed by atoms with van der Waals surface area (Å²) in [5.41, 5.74) is 0. The van der Waals surface area contributed by atoms with Crippen molar-refractivity contribution in [2.75, 3.05) is 77.0 Å². The fraction of sp³-hybridized carbons (Fsp3) is 0.938. The van der Waals surface area contributed by atoms with Gasteiger partial charge in [-0.2, -0.15) is 0 Å². The van der Waals surface area contributed by atoms with Crippen LogP contribution in [0.15, 0.2) is 0 Å². The van der Waals surface area contributed by atoms with Gasteiger partial charge in [0.25, 0.3) is 0 Å². The number of piperazine rings is 2. The molecule has 3 saturated heterocycles. The van der Waals surface area contributed by atoms with Crippen LogP contribution in [0.4, 0.5) is 0 Å². The molecule has 3 aliphatic heterocycles. The number of carbonyl (C=O) groups excluding carboxylic acids is 1. The third-order valence-corrected chi connectivity index (χ3v) is 7.41. The molecule has 0 aromatic carbocycles. The number of hydrogen-bond donors (Lipinski definition) is 0. The van der Waals surface area contributed by atoms with Gasteiger partial charge in [-0.05, 0) is 13.0 Å². The van der Waals surface area contributed by atoms with Crippen LogP contribution in [0.3, 0.4) is 0 Å². The van der Waals surface area contributed by atoms with Crippen LogP contribution in [0.2, 0.25) is 0 Å². The highest BCUT2D eigenvalue weighted by Crippen LogP contribution is 2.19. The summed E-state index contributed by atoms with van der Waals surface area (Å²) in [6.07, 6.45) is 0.748. The maximum Gasteiger partial charge on any atom is 0.236 e. The fourth-order valence-electron chi connectivity index (χ4n) is 3.95. The minimum absolute atomic E-state index is 0.161. The molecule has 0 aromatic rings. The Balaban J connectivity index is 1.41. The van der Waals surface area contributed by atoms with E-state index in [1.165, 1.54) is 0 Å². The highest BCUT2D eigenvalue weighted by Gasteiger charge is 2.34. The summed E-state index contributed by atoms with van der Waals surface area (Å²) in [7, 11) is -2.83. The summed E-state index contributed by atoms with van der Waals surface area (Å²) in [5, 5.41) is 0. The molecule has 3 aliphatic rings. The van der Waals surface area contributed by atoms with Crippen molar-refractivity contribution in [1.29, 1.82) is 0 Å². The summed E-state index contributed by atoms with van der Waals surface area (Å²) in [6, 6.07) is 0.161. The first-order chi connectivity index (χ1) is 11.5. The monoisotopic (exact) mass is 358 g/mol. The minimum Gasteiger partial charge on any atom is -0.339 e. The quantitative estimate of drug-likeness (QED) is 0.639. The lowest BCUT2D eigenvalue weighted by atomic mass is 10.2. The number of likely N-dealkylation sites (N-methyl/N-ethyl adjacent to an activating group) is 1. The standard InChI is InChI=1S/C16H30N4O3S/c1-2-17-4-6-18(7-5-17)13-16(21)20-10-8-19(9-11-20)15-3-12-24(22,23)14-15/h15H,2-14H2,1H3. The molecule has 138 valence electrons. The second-order valence-corrected chi connectivity index (χ2v) is 9.41. The molecule has 3 heterocycles. The first-order valence-corrected chi connectivity index (χ1v) is 11.0. The number of nitrogens with zero attached hydrogens (tertiary/aromatic N) is 4. The van der Waals surface area contributed by atoms with Crippen LogP contribution >= 0.6 is 0 Å². The van der Waals surface area contributed by atoms with E-state index in [0.717, 1.165) is 65.3 Å². The molecule has 0 spiro atoms. The molecule has 1 amide bonds. The van der Waals surface area contributed by atoms with Crippen LogP contribution in [0.5, 0.6) is 0 Å². The molecule has 0 aliphatic carbocycles. The first-order valence-electron chi connectivity index (χ1n) is 9.14. The summed E-state index contributed by atoms with van der Waals surface area (Å²) in [5.74, 6) is 0.835. The first kappa shape index (κ1) is 18.1. The van der Waals surface area contributed by atoms with Crippen molar-refractivity contribution in [2.24, 2.45) is 0 Å². The van der Waals surface area contributed by atoms with E-state index in [-0.39, 0.29) is 11.9 Å². The molecule has 1 unspecified atom stereocenters. The predicted molar refractivity (Wildman–Crippen MR) is 93.8 cm³/mol. The predicted octanol–water partition coefficient (Wildman–Crippen LogP) is -1.04. The van der Waals surface area contributed by atoms with E-state index in [1.54, 1.807) is 0 Å². The van der Waals surface area contributed by atoms with Crippen molar-refractivity contribution in [1.82, 2.24) is 19.6 Å². The van der Waals surface area contributed by atoms with Crippen molar-refractivity contribution in [3.63, 3.8) is 0 Å². The van der Waals surface area contributed by atoms with Crippen LogP contribution in [0, 0.1) is 0 Å². The van der Waals surface area contributed by atoms with Gasteiger partial charge in [-0.3, -0.25) is 14.6 Å². The second-order valence-electron chi connectivity index (χ2n) is 7.18. The average molecular weight is 359 g/mol. The average Bonchev–Trinajstić information content (AvgIpc) is 2.95. The molecule has 0 bridgehead atoms. The lowest BCUT2D eigenvalue weighted by Gasteiger charge is -2.39. The van der Waals surface area contributed by atoms with E-state index in [1.807, 2.05) is 4.90 Å². The molecule has 0 aromatic heterocycles. The molecule has 0 saturated carbocycles. The molecular formula is C16H30N4O3S. The molecule has 0 radical (unpaired) electrons. The molecule has 3 fully saturated rings. The van der Waals surface area contributed by atoms with Gasteiger partial charge in [0.15, 0.2) is 9.84 Å². The Hall–Kier alpha value is -0.700. The van der Waals surface area contributed by atoms with E-state index in [2.05, 4.69) is 21.6 Å². The van der Waals surface area contributed by atoms with Gasteiger partial charge in [-0.15, -0.1) is 0 Å². The van der Waals surface area contributed by atoms with Gasteiger partial charge in [-0.25, -0.2) is 8.42 Å². The third kappa shape index (κ3) is 4.47. The van der Waals surface area contributed by atoms with Crippen LogP contribution in [-0.2, 0) is 14.6 Å². The van der Waals surface area contributed by atoms with Crippen molar-refractivity contribution in [3.05, 3.63) is 0 Å². The van der Waals surface area contributed by atoms with Crippen LogP contribution in [0.25, 0.3) is 0 Å². The maximum atomic E-state index is 12.5. The summed E-state index contributed by atoms with van der Waals surface area (Å²) >= 11 is 0. The van der Waals surface area contributed by atoms with Crippen LogP contribution in [-0.4, -0.2) is 117 Å². The Kier molecular flexibility index (Phi) is 5.79. The lowest BCUT2D eigenvalue weighted by molar-refractivity contribution is -0.134. The lowest BCUT2D eigenvalue weighted by Crippen LogP contribution is -2.55. The molecule has 8 heteroatoms. The zero-order chi connectivity index (χ0) is 17.2. The van der Waals surface area contributed by atoms with E-state index < -0.39 is 9.84 Å². The zero-order valence-corrected chi connectivity index (χ0v) is 15.5. The van der Waals surface area contributed by atoms with Crippen LogP contribution < -0.4 is 0 Å². The van der Waals surface area contributed by atoms with E-state index >= 15 is 0 Å². The van der Waals surface area contributed by atoms with E-state index in [4.69, 9.17) is 0 Å². The Morgan fingerprint density at radius 2 is 1.58 bits per heavy atom. The van der Waals surface area contributed by atoms with Crippen molar-refractivity contribution in [3.8, 4) is 0 Å². The summed E-state index contributed by atoms with van der Waals surface area (Å²) in [4.78, 5) is 21.4. The highest BCUT2D eigenvalue weighted by atomic mass is 32.2. The van der Waals surface area contributed by atoms with Gasteiger partial charge in [0.2, 0.25) is 5.91 Å². The number of carbonyl (C=O) groups is 1. The Morgan fingerprint density at radius 3 is 2.12 bits per heavy atom. The van der Waals surface area contributed by atoms with Crippen LogP contribution in [0.1, 0.15) is 13.3 Å². The molecule has 0 N–H and O–H groups in total. The number of sulfone groups is 1. The largest absolute Gasteiger partial charge is 0.339 e. The van der Waals surface area contributed by atoms with Crippen molar-refractivity contribution in [2.45, 2.75) is 19.4 Å². The van der Waals surface area contributed by atoms with Gasteiger partial charge in [0.05, 0.1) is 18.1 Å². The Labute approximate surface area is 145 Å². The Bertz CT molecular complexity index is 538. The second kappa shape index (κ2) is 7.68. The molecule has 24 heavy (non-hydrogen) atoms. The van der Waals surface area contributed by atoms with Gasteiger partial charge in [0.1, 0.15) is 0 Å². The van der Waals surface area contributed by atoms with Gasteiger partial charge < -0.3 is 9.80 Å². The molecular weight excluding hydrogens is 328 g/mol. The smallest absolute Gasteiger partial charge is 0.236 e. The third-order valence-electron chi connectivity index (χ3n) is 5.66. The summed E-state index contributed by atoms with van der Waals surface area (Å²) in [6.45, 7) is 10.9. The Morgan fingerprint density at radius 1 is 0.958 bits per heavy atom.